The van der Waals surface area contributed by atoms with Gasteiger partial charge in [-0.05, 0) is 19.1 Å². The molecule has 0 saturated heterocycles. The van der Waals surface area contributed by atoms with E-state index in [1.807, 2.05) is 0 Å². The SMILES string of the molecule is CCOC(=O)c1ccccc1C(=O)O.OCCO. The Bertz CT molecular complexity index is 386. The van der Waals surface area contributed by atoms with Crippen LogP contribution in [0, 0.1) is 0 Å². The summed E-state index contributed by atoms with van der Waals surface area (Å²) in [5.74, 6) is -1.74. The number of aromatic carboxylic acids is 1. The smallest absolute Gasteiger partial charge is 0.338 e. The number of hydrogen-bond acceptors (Lipinski definition) is 5. The van der Waals surface area contributed by atoms with E-state index in [1.54, 1.807) is 19.1 Å². The van der Waals surface area contributed by atoms with E-state index in [0.29, 0.717) is 0 Å². The second-order valence-electron chi connectivity index (χ2n) is 3.02. The summed E-state index contributed by atoms with van der Waals surface area (Å²) in [5.41, 5.74) is 0.0489. The molecule has 6 heteroatoms. The van der Waals surface area contributed by atoms with Gasteiger partial charge in [-0.1, -0.05) is 12.1 Å². The first kappa shape index (κ1) is 16.1. The van der Waals surface area contributed by atoms with Gasteiger partial charge in [0.1, 0.15) is 0 Å². The molecule has 1 aromatic rings. The maximum atomic E-state index is 11.3. The third kappa shape index (κ3) is 5.42. The normalized spacial score (nSPS) is 9.06. The zero-order valence-corrected chi connectivity index (χ0v) is 10.00. The van der Waals surface area contributed by atoms with E-state index < -0.39 is 11.9 Å². The van der Waals surface area contributed by atoms with Crippen molar-refractivity contribution in [1.29, 1.82) is 0 Å². The minimum absolute atomic E-state index is 0.0362. The van der Waals surface area contributed by atoms with Crippen molar-refractivity contribution in [3.8, 4) is 0 Å². The largest absolute Gasteiger partial charge is 0.478 e. The summed E-state index contributed by atoms with van der Waals surface area (Å²) >= 11 is 0. The molecule has 0 aliphatic heterocycles. The van der Waals surface area contributed by atoms with E-state index in [0.717, 1.165) is 0 Å². The van der Waals surface area contributed by atoms with Crippen LogP contribution in [0.25, 0.3) is 0 Å². The fourth-order valence-corrected chi connectivity index (χ4v) is 1.06. The van der Waals surface area contributed by atoms with Gasteiger partial charge in [0.05, 0.1) is 30.9 Å². The first-order valence-electron chi connectivity index (χ1n) is 5.29. The summed E-state index contributed by atoms with van der Waals surface area (Å²) in [4.78, 5) is 22.0. The molecule has 0 heterocycles. The van der Waals surface area contributed by atoms with E-state index in [4.69, 9.17) is 20.1 Å². The molecule has 0 atom stereocenters. The van der Waals surface area contributed by atoms with Crippen LogP contribution in [-0.4, -0.2) is 47.1 Å². The van der Waals surface area contributed by atoms with Gasteiger partial charge in [-0.15, -0.1) is 0 Å². The van der Waals surface area contributed by atoms with E-state index in [9.17, 15) is 9.59 Å². The highest BCUT2D eigenvalue weighted by Crippen LogP contribution is 2.09. The monoisotopic (exact) mass is 256 g/mol. The molecule has 0 radical (unpaired) electrons. The molecule has 0 aliphatic carbocycles. The minimum Gasteiger partial charge on any atom is -0.478 e. The van der Waals surface area contributed by atoms with Crippen LogP contribution in [0.5, 0.6) is 0 Å². The second-order valence-corrected chi connectivity index (χ2v) is 3.02. The van der Waals surface area contributed by atoms with Crippen LogP contribution < -0.4 is 0 Å². The number of aliphatic hydroxyl groups is 2. The Morgan fingerprint density at radius 2 is 1.61 bits per heavy atom. The maximum absolute atomic E-state index is 11.3. The van der Waals surface area contributed by atoms with Gasteiger partial charge >= 0.3 is 11.9 Å². The lowest BCUT2D eigenvalue weighted by Crippen LogP contribution is -2.11. The second kappa shape index (κ2) is 9.15. The van der Waals surface area contributed by atoms with Gasteiger partial charge in [0.25, 0.3) is 0 Å². The molecule has 0 saturated carbocycles. The molecule has 0 spiro atoms. The Kier molecular flexibility index (Phi) is 8.17. The van der Waals surface area contributed by atoms with Crippen molar-refractivity contribution in [2.75, 3.05) is 19.8 Å². The summed E-state index contributed by atoms with van der Waals surface area (Å²) in [6, 6.07) is 5.96. The Balaban J connectivity index is 0.000000631. The summed E-state index contributed by atoms with van der Waals surface area (Å²) in [5, 5.41) is 24.0. The van der Waals surface area contributed by atoms with Crippen LogP contribution >= 0.6 is 0 Å². The summed E-state index contributed by atoms with van der Waals surface area (Å²) in [6.45, 7) is 1.65. The van der Waals surface area contributed by atoms with Crippen LogP contribution in [0.15, 0.2) is 24.3 Å². The lowest BCUT2D eigenvalue weighted by molar-refractivity contribution is 0.0514. The molecule has 3 N–H and O–H groups in total. The summed E-state index contributed by atoms with van der Waals surface area (Å²) in [6.07, 6.45) is 0. The van der Waals surface area contributed by atoms with Gasteiger partial charge in [0.15, 0.2) is 0 Å². The van der Waals surface area contributed by atoms with Crippen molar-refractivity contribution in [3.63, 3.8) is 0 Å². The van der Waals surface area contributed by atoms with Gasteiger partial charge in [0, 0.05) is 0 Å². The van der Waals surface area contributed by atoms with Crippen molar-refractivity contribution >= 4 is 11.9 Å². The Morgan fingerprint density at radius 3 is 2.00 bits per heavy atom. The number of carboxylic acid groups (broad SMARTS) is 1. The topological polar surface area (TPSA) is 104 Å². The molecule has 1 aromatic carbocycles. The molecule has 100 valence electrons. The van der Waals surface area contributed by atoms with Crippen molar-refractivity contribution < 1.29 is 29.6 Å². The Hall–Kier alpha value is -1.92. The number of carbonyl (C=O) groups excluding carboxylic acids is 1. The maximum Gasteiger partial charge on any atom is 0.338 e. The average Bonchev–Trinajstić information content (AvgIpc) is 2.39. The van der Waals surface area contributed by atoms with Gasteiger partial charge in [-0.2, -0.15) is 0 Å². The number of benzene rings is 1. The number of rotatable bonds is 4. The molecule has 0 fully saturated rings. The lowest BCUT2D eigenvalue weighted by atomic mass is 10.1. The van der Waals surface area contributed by atoms with Gasteiger partial charge in [0.2, 0.25) is 0 Å². The molecule has 6 nitrogen and oxygen atoms in total. The van der Waals surface area contributed by atoms with Crippen LogP contribution in [-0.2, 0) is 4.74 Å². The van der Waals surface area contributed by atoms with Crippen molar-refractivity contribution in [2.24, 2.45) is 0 Å². The van der Waals surface area contributed by atoms with E-state index in [2.05, 4.69) is 0 Å². The molecule has 0 bridgehead atoms. The van der Waals surface area contributed by atoms with Crippen molar-refractivity contribution in [3.05, 3.63) is 35.4 Å². The van der Waals surface area contributed by atoms with Gasteiger partial charge in [-0.3, -0.25) is 0 Å². The summed E-state index contributed by atoms with van der Waals surface area (Å²) < 4.78 is 4.72. The van der Waals surface area contributed by atoms with Crippen LogP contribution in [0.1, 0.15) is 27.6 Å². The predicted octanol–water partition coefficient (Wildman–Crippen LogP) is 0.532. The number of esters is 1. The third-order valence-corrected chi connectivity index (χ3v) is 1.75. The number of carboxylic acids is 1. The number of ether oxygens (including phenoxy) is 1. The van der Waals surface area contributed by atoms with Gasteiger partial charge < -0.3 is 20.1 Å². The molecule has 0 aromatic heterocycles. The fourth-order valence-electron chi connectivity index (χ4n) is 1.06. The minimum atomic E-state index is -1.13. The van der Waals surface area contributed by atoms with Crippen molar-refractivity contribution in [1.82, 2.24) is 0 Å². The third-order valence-electron chi connectivity index (χ3n) is 1.75. The molecule has 0 unspecified atom stereocenters. The number of aliphatic hydroxyl groups excluding tert-OH is 2. The zero-order valence-electron chi connectivity index (χ0n) is 10.00. The lowest BCUT2D eigenvalue weighted by Gasteiger charge is -2.04. The molecule has 0 amide bonds. The highest BCUT2D eigenvalue weighted by Gasteiger charge is 2.15. The fraction of sp³-hybridized carbons (Fsp3) is 0.333. The first-order valence-corrected chi connectivity index (χ1v) is 5.29. The molecule has 0 aliphatic rings. The molecule has 18 heavy (non-hydrogen) atoms. The zero-order chi connectivity index (χ0) is 14.0. The average molecular weight is 256 g/mol. The van der Waals surface area contributed by atoms with E-state index in [1.165, 1.54) is 12.1 Å². The van der Waals surface area contributed by atoms with Crippen molar-refractivity contribution in [2.45, 2.75) is 6.92 Å². The van der Waals surface area contributed by atoms with Crippen LogP contribution in [0.4, 0.5) is 0 Å². The quantitative estimate of drug-likeness (QED) is 0.679. The van der Waals surface area contributed by atoms with Crippen LogP contribution in [0.2, 0.25) is 0 Å². The Labute approximate surface area is 104 Å². The standard InChI is InChI=1S/C10H10O4.C2H6O2/c1-2-14-10(13)8-6-4-3-5-7(8)9(11)12;3-1-2-4/h3-6H,2H2,1H3,(H,11,12);3-4H,1-2H2. The highest BCUT2D eigenvalue weighted by molar-refractivity contribution is 6.02. The predicted molar refractivity (Wildman–Crippen MR) is 63.5 cm³/mol. The first-order chi connectivity index (χ1) is 8.58. The molecular weight excluding hydrogens is 240 g/mol. The number of hydrogen-bond donors (Lipinski definition) is 3. The van der Waals surface area contributed by atoms with Gasteiger partial charge in [-0.25, -0.2) is 9.59 Å². The van der Waals surface area contributed by atoms with E-state index >= 15 is 0 Å². The molecular formula is C12H16O6. The number of carbonyl (C=O) groups is 2. The van der Waals surface area contributed by atoms with Crippen LogP contribution in [0.3, 0.4) is 0 Å². The molecule has 1 rings (SSSR count). The highest BCUT2D eigenvalue weighted by atomic mass is 16.5. The van der Waals surface area contributed by atoms with E-state index in [-0.39, 0.29) is 30.9 Å². The Morgan fingerprint density at radius 1 is 1.11 bits per heavy atom. The summed E-state index contributed by atoms with van der Waals surface area (Å²) in [7, 11) is 0.